The molecule has 0 saturated heterocycles. The predicted molar refractivity (Wildman–Crippen MR) is 102 cm³/mol. The van der Waals surface area contributed by atoms with Gasteiger partial charge in [-0.3, -0.25) is 14.2 Å². The Morgan fingerprint density at radius 2 is 1.86 bits per heavy atom. The molecule has 0 aliphatic carbocycles. The van der Waals surface area contributed by atoms with Gasteiger partial charge in [-0.15, -0.1) is 0 Å². The number of anilines is 2. The molecule has 0 spiro atoms. The summed E-state index contributed by atoms with van der Waals surface area (Å²) in [6.07, 6.45) is 0. The van der Waals surface area contributed by atoms with Crippen LogP contribution in [0, 0.1) is 25.5 Å². The number of carbonyl (C=O) groups is 2. The number of imidazole rings is 1. The molecule has 150 valence electrons. The van der Waals surface area contributed by atoms with Gasteiger partial charge >= 0.3 is 0 Å². The number of benzene rings is 2. The number of halogens is 2. The number of rotatable bonds is 4. The molecule has 8 nitrogen and oxygen atoms in total. The van der Waals surface area contributed by atoms with Gasteiger partial charge in [-0.2, -0.15) is 0 Å². The number of nitrogens with zero attached hydrogens (tertiary/aromatic N) is 2. The van der Waals surface area contributed by atoms with Crippen molar-refractivity contribution < 1.29 is 23.5 Å². The number of nitrogens with one attached hydrogen (secondary N) is 1. The van der Waals surface area contributed by atoms with Crippen molar-refractivity contribution >= 4 is 23.3 Å². The summed E-state index contributed by atoms with van der Waals surface area (Å²) >= 11 is 0. The summed E-state index contributed by atoms with van der Waals surface area (Å²) in [5.74, 6) is -4.36. The molecule has 2 amide bonds. The number of phenolic OH excluding ortho intramolecular Hbond substituents is 1. The first kappa shape index (κ1) is 19.8. The van der Waals surface area contributed by atoms with Gasteiger partial charge in [0.25, 0.3) is 11.8 Å². The first-order chi connectivity index (χ1) is 13.6. The molecule has 0 fully saturated rings. The van der Waals surface area contributed by atoms with Crippen LogP contribution in [0.2, 0.25) is 0 Å². The number of hydrogen-bond acceptors (Lipinski definition) is 5. The van der Waals surface area contributed by atoms with Crippen molar-refractivity contribution in [3.63, 3.8) is 0 Å². The summed E-state index contributed by atoms with van der Waals surface area (Å²) in [4.78, 5) is 28.4. The van der Waals surface area contributed by atoms with E-state index >= 15 is 0 Å². The number of primary amides is 1. The number of nitrogen functional groups attached to an aromatic ring is 1. The largest absolute Gasteiger partial charge is 0.508 e. The Morgan fingerprint density at radius 3 is 2.48 bits per heavy atom. The fourth-order valence-corrected chi connectivity index (χ4v) is 2.93. The van der Waals surface area contributed by atoms with Crippen molar-refractivity contribution in [2.45, 2.75) is 13.8 Å². The van der Waals surface area contributed by atoms with Crippen molar-refractivity contribution in [1.82, 2.24) is 9.55 Å². The van der Waals surface area contributed by atoms with Crippen LogP contribution in [0.5, 0.6) is 5.75 Å². The predicted octanol–water partition coefficient (Wildman–Crippen LogP) is 2.41. The molecule has 0 bridgehead atoms. The third-order valence-electron chi connectivity index (χ3n) is 4.36. The quantitative estimate of drug-likeness (QED) is 0.532. The highest BCUT2D eigenvalue weighted by molar-refractivity contribution is 6.05. The molecule has 3 aromatic rings. The molecular formula is C19H17F2N5O3. The number of amides is 2. The first-order valence-electron chi connectivity index (χ1n) is 8.35. The van der Waals surface area contributed by atoms with Crippen LogP contribution in [0.4, 0.5) is 20.3 Å². The second-order valence-electron chi connectivity index (χ2n) is 6.32. The summed E-state index contributed by atoms with van der Waals surface area (Å²) in [6.45, 7) is 3.29. The van der Waals surface area contributed by atoms with Crippen LogP contribution in [0.15, 0.2) is 30.3 Å². The van der Waals surface area contributed by atoms with Crippen molar-refractivity contribution in [1.29, 1.82) is 0 Å². The van der Waals surface area contributed by atoms with Crippen molar-refractivity contribution in [3.8, 4) is 11.4 Å². The minimum Gasteiger partial charge on any atom is -0.508 e. The minimum atomic E-state index is -0.996. The van der Waals surface area contributed by atoms with Crippen molar-refractivity contribution in [2.75, 3.05) is 11.1 Å². The maximum absolute atomic E-state index is 13.9. The zero-order valence-corrected chi connectivity index (χ0v) is 15.5. The Balaban J connectivity index is 2.19. The fourth-order valence-electron chi connectivity index (χ4n) is 2.93. The topological polar surface area (TPSA) is 136 Å². The van der Waals surface area contributed by atoms with Crippen molar-refractivity contribution in [2.24, 2.45) is 5.73 Å². The smallest absolute Gasteiger partial charge is 0.292 e. The molecule has 10 heteroatoms. The second-order valence-corrected chi connectivity index (χ2v) is 6.32. The Hall–Kier alpha value is -3.95. The van der Waals surface area contributed by atoms with E-state index in [4.69, 9.17) is 11.5 Å². The molecule has 0 saturated carbocycles. The minimum absolute atomic E-state index is 0.0738. The SMILES string of the molecule is Cc1ccc(O)c(C)c1-n1c(C(=O)Nc2ccc(F)cc2F)nc(C(N)=O)c1N. The van der Waals surface area contributed by atoms with Gasteiger partial charge in [-0.1, -0.05) is 6.07 Å². The van der Waals surface area contributed by atoms with Gasteiger partial charge in [0, 0.05) is 11.6 Å². The van der Waals surface area contributed by atoms with Gasteiger partial charge in [0.1, 0.15) is 23.2 Å². The molecule has 1 aromatic heterocycles. The third-order valence-corrected chi connectivity index (χ3v) is 4.36. The lowest BCUT2D eigenvalue weighted by Crippen LogP contribution is -2.20. The molecule has 6 N–H and O–H groups in total. The Labute approximate surface area is 163 Å². The van der Waals surface area contributed by atoms with E-state index in [0.717, 1.165) is 16.7 Å². The van der Waals surface area contributed by atoms with E-state index < -0.39 is 23.4 Å². The van der Waals surface area contributed by atoms with Crippen LogP contribution < -0.4 is 16.8 Å². The molecule has 1 heterocycles. The highest BCUT2D eigenvalue weighted by atomic mass is 19.1. The highest BCUT2D eigenvalue weighted by Crippen LogP contribution is 2.31. The number of aromatic hydroxyl groups is 1. The van der Waals surface area contributed by atoms with Crippen LogP contribution in [0.1, 0.15) is 32.2 Å². The standard InChI is InChI=1S/C19H17F2N5O3/c1-8-3-6-13(27)9(2)15(8)26-16(22)14(17(23)28)25-18(26)19(29)24-12-5-4-10(20)7-11(12)21/h3-7,27H,22H2,1-2H3,(H2,23,28)(H,24,29). The second kappa shape index (κ2) is 7.23. The van der Waals surface area contributed by atoms with Gasteiger partial charge in [0.15, 0.2) is 5.69 Å². The van der Waals surface area contributed by atoms with E-state index in [0.29, 0.717) is 22.9 Å². The molecule has 2 aromatic carbocycles. The van der Waals surface area contributed by atoms with Gasteiger partial charge in [0.05, 0.1) is 11.4 Å². The average molecular weight is 401 g/mol. The van der Waals surface area contributed by atoms with Crippen LogP contribution in [-0.4, -0.2) is 26.5 Å². The summed E-state index contributed by atoms with van der Waals surface area (Å²) in [5.41, 5.74) is 11.9. The lowest BCUT2D eigenvalue weighted by molar-refractivity contribution is 0.0997. The van der Waals surface area contributed by atoms with E-state index in [2.05, 4.69) is 10.3 Å². The van der Waals surface area contributed by atoms with Gasteiger partial charge in [0.2, 0.25) is 5.82 Å². The number of phenols is 1. The fraction of sp³-hybridized carbons (Fsp3) is 0.105. The van der Waals surface area contributed by atoms with Crippen LogP contribution in [-0.2, 0) is 0 Å². The maximum atomic E-state index is 13.9. The van der Waals surface area contributed by atoms with Crippen LogP contribution >= 0.6 is 0 Å². The van der Waals surface area contributed by atoms with Crippen LogP contribution in [0.25, 0.3) is 5.69 Å². The molecule has 0 radical (unpaired) electrons. The van der Waals surface area contributed by atoms with Crippen molar-refractivity contribution in [3.05, 3.63) is 64.6 Å². The molecule has 0 unspecified atom stereocenters. The number of hydrogen-bond donors (Lipinski definition) is 4. The van der Waals surface area contributed by atoms with E-state index in [1.807, 2.05) is 0 Å². The monoisotopic (exact) mass is 401 g/mol. The lowest BCUT2D eigenvalue weighted by atomic mass is 10.1. The molecule has 0 aliphatic heterocycles. The summed E-state index contributed by atoms with van der Waals surface area (Å²) < 4.78 is 28.2. The third kappa shape index (κ3) is 3.47. The summed E-state index contributed by atoms with van der Waals surface area (Å²) in [7, 11) is 0. The zero-order valence-electron chi connectivity index (χ0n) is 15.5. The van der Waals surface area contributed by atoms with E-state index in [-0.39, 0.29) is 28.8 Å². The molecule has 3 rings (SSSR count). The Kier molecular flexibility index (Phi) is 4.93. The number of aryl methyl sites for hydroxylation is 1. The number of aromatic nitrogens is 2. The van der Waals surface area contributed by atoms with Gasteiger partial charge in [-0.05, 0) is 37.6 Å². The van der Waals surface area contributed by atoms with E-state index in [9.17, 15) is 23.5 Å². The highest BCUT2D eigenvalue weighted by Gasteiger charge is 2.27. The summed E-state index contributed by atoms with van der Waals surface area (Å²) in [6, 6.07) is 5.66. The maximum Gasteiger partial charge on any atom is 0.292 e. The molecule has 0 aliphatic rings. The molecule has 29 heavy (non-hydrogen) atoms. The van der Waals surface area contributed by atoms with E-state index in [1.165, 1.54) is 6.07 Å². The van der Waals surface area contributed by atoms with E-state index in [1.54, 1.807) is 19.9 Å². The van der Waals surface area contributed by atoms with Gasteiger partial charge < -0.3 is 21.9 Å². The molecular weight excluding hydrogens is 384 g/mol. The number of nitrogens with two attached hydrogens (primary N) is 2. The lowest BCUT2D eigenvalue weighted by Gasteiger charge is -2.16. The Bertz CT molecular complexity index is 1160. The Morgan fingerprint density at radius 1 is 1.17 bits per heavy atom. The normalized spacial score (nSPS) is 10.8. The van der Waals surface area contributed by atoms with Crippen LogP contribution in [0.3, 0.4) is 0 Å². The first-order valence-corrected chi connectivity index (χ1v) is 8.35. The number of carbonyl (C=O) groups excluding carboxylic acids is 2. The molecule has 0 atom stereocenters. The van der Waals surface area contributed by atoms with Gasteiger partial charge in [-0.25, -0.2) is 13.8 Å². The zero-order chi connectivity index (χ0) is 21.5. The summed E-state index contributed by atoms with van der Waals surface area (Å²) in [5, 5.41) is 12.3. The average Bonchev–Trinajstić information content (AvgIpc) is 2.99.